The van der Waals surface area contributed by atoms with Crippen molar-refractivity contribution in [2.24, 2.45) is 11.7 Å². The number of fused-ring (bicyclic) bond motifs is 1. The number of rotatable bonds is 2. The van der Waals surface area contributed by atoms with Crippen LogP contribution in [-0.4, -0.2) is 40.4 Å². The first-order chi connectivity index (χ1) is 8.11. The van der Waals surface area contributed by atoms with Crippen LogP contribution in [0.15, 0.2) is 0 Å². The van der Waals surface area contributed by atoms with E-state index in [0.29, 0.717) is 11.3 Å². The summed E-state index contributed by atoms with van der Waals surface area (Å²) in [5, 5.41) is 0.682. The van der Waals surface area contributed by atoms with Crippen LogP contribution in [-0.2, 0) is 4.79 Å². The molecule has 0 aromatic heterocycles. The molecular weight excluding hydrogens is 268 g/mol. The van der Waals surface area contributed by atoms with E-state index in [2.05, 4.69) is 16.7 Å². The minimum atomic E-state index is -0.0425. The molecular formula is C13H25ClN2OS. The number of thioether (sulfide) groups is 1. The number of hydrogen-bond acceptors (Lipinski definition) is 3. The molecule has 18 heavy (non-hydrogen) atoms. The van der Waals surface area contributed by atoms with Gasteiger partial charge in [0.2, 0.25) is 5.91 Å². The number of halogens is 1. The van der Waals surface area contributed by atoms with Gasteiger partial charge in [-0.1, -0.05) is 19.8 Å². The van der Waals surface area contributed by atoms with Crippen LogP contribution in [0.2, 0.25) is 0 Å². The van der Waals surface area contributed by atoms with Crippen molar-refractivity contribution in [1.82, 2.24) is 4.90 Å². The Morgan fingerprint density at radius 1 is 1.33 bits per heavy atom. The third-order valence-corrected chi connectivity index (χ3v) is 5.59. The van der Waals surface area contributed by atoms with Gasteiger partial charge in [-0.2, -0.15) is 11.8 Å². The van der Waals surface area contributed by atoms with Gasteiger partial charge in [-0.25, -0.2) is 0 Å². The lowest BCUT2D eigenvalue weighted by molar-refractivity contribution is -0.138. The van der Waals surface area contributed by atoms with E-state index in [0.717, 1.165) is 12.3 Å². The molecule has 1 saturated carbocycles. The summed E-state index contributed by atoms with van der Waals surface area (Å²) in [6, 6.07) is 0.440. The fourth-order valence-electron chi connectivity index (χ4n) is 2.86. The first kappa shape index (κ1) is 16.1. The van der Waals surface area contributed by atoms with E-state index in [1.54, 1.807) is 0 Å². The van der Waals surface area contributed by atoms with Crippen LogP contribution in [0.25, 0.3) is 0 Å². The largest absolute Gasteiger partial charge is 0.337 e. The quantitative estimate of drug-likeness (QED) is 0.849. The summed E-state index contributed by atoms with van der Waals surface area (Å²) in [5.41, 5.74) is 5.86. The van der Waals surface area contributed by atoms with Gasteiger partial charge >= 0.3 is 0 Å². The van der Waals surface area contributed by atoms with Crippen LogP contribution < -0.4 is 5.73 Å². The van der Waals surface area contributed by atoms with Crippen LogP contribution in [0.1, 0.15) is 39.5 Å². The normalized spacial score (nSPS) is 30.9. The zero-order valence-electron chi connectivity index (χ0n) is 11.3. The fourth-order valence-corrected chi connectivity index (χ4v) is 4.30. The maximum atomic E-state index is 12.4. The maximum Gasteiger partial charge on any atom is 0.227 e. The summed E-state index contributed by atoms with van der Waals surface area (Å²) in [5.74, 6) is 1.33. The van der Waals surface area contributed by atoms with Gasteiger partial charge in [0.1, 0.15) is 0 Å². The SMILES string of the molecule is CC(N)C(C)C(=O)N1CCSC2CCCCC21.Cl. The number of nitrogens with two attached hydrogens (primary N) is 1. The van der Waals surface area contributed by atoms with Gasteiger partial charge in [0.15, 0.2) is 0 Å². The first-order valence-corrected chi connectivity index (χ1v) is 7.84. The van der Waals surface area contributed by atoms with Gasteiger partial charge < -0.3 is 10.6 Å². The van der Waals surface area contributed by atoms with Crippen molar-refractivity contribution < 1.29 is 4.79 Å². The molecule has 1 aliphatic heterocycles. The van der Waals surface area contributed by atoms with Crippen molar-refractivity contribution in [2.75, 3.05) is 12.3 Å². The Morgan fingerprint density at radius 2 is 2.00 bits per heavy atom. The third kappa shape index (κ3) is 3.34. The van der Waals surface area contributed by atoms with Gasteiger partial charge in [-0.15, -0.1) is 12.4 Å². The molecule has 2 fully saturated rings. The summed E-state index contributed by atoms with van der Waals surface area (Å²) < 4.78 is 0. The molecule has 1 heterocycles. The van der Waals surface area contributed by atoms with Crippen LogP contribution in [0.5, 0.6) is 0 Å². The molecule has 0 spiro atoms. The van der Waals surface area contributed by atoms with Crippen molar-refractivity contribution in [1.29, 1.82) is 0 Å². The minimum Gasteiger partial charge on any atom is -0.337 e. The van der Waals surface area contributed by atoms with Gasteiger partial charge in [0.05, 0.1) is 5.92 Å². The summed E-state index contributed by atoms with van der Waals surface area (Å²) in [6.45, 7) is 4.81. The molecule has 1 saturated heterocycles. The van der Waals surface area contributed by atoms with Crippen molar-refractivity contribution in [3.05, 3.63) is 0 Å². The molecule has 2 rings (SSSR count). The van der Waals surface area contributed by atoms with Crippen LogP contribution >= 0.6 is 24.2 Å². The van der Waals surface area contributed by atoms with Gasteiger partial charge in [0, 0.05) is 29.6 Å². The number of hydrogen-bond donors (Lipinski definition) is 1. The summed E-state index contributed by atoms with van der Waals surface area (Å²) in [6.07, 6.45) is 5.08. The monoisotopic (exact) mass is 292 g/mol. The third-order valence-electron chi connectivity index (χ3n) is 4.19. The van der Waals surface area contributed by atoms with Crippen LogP contribution in [0.4, 0.5) is 0 Å². The Kier molecular flexibility index (Phi) is 6.28. The van der Waals surface area contributed by atoms with Gasteiger partial charge in [-0.3, -0.25) is 4.79 Å². The van der Waals surface area contributed by atoms with E-state index in [9.17, 15) is 4.79 Å². The Balaban J connectivity index is 0.00000162. The minimum absolute atomic E-state index is 0. The highest BCUT2D eigenvalue weighted by Crippen LogP contribution is 2.36. The Hall–Kier alpha value is 0.0700. The van der Waals surface area contributed by atoms with Gasteiger partial charge in [-0.05, 0) is 19.8 Å². The molecule has 3 nitrogen and oxygen atoms in total. The lowest BCUT2D eigenvalue weighted by atomic mass is 9.91. The maximum absolute atomic E-state index is 12.4. The number of nitrogens with zero attached hydrogens (tertiary/aromatic N) is 1. The molecule has 0 aromatic carbocycles. The summed E-state index contributed by atoms with van der Waals surface area (Å²) >= 11 is 2.06. The van der Waals surface area contributed by atoms with E-state index < -0.39 is 0 Å². The number of carbonyl (C=O) groups excluding carboxylic acids is 1. The fraction of sp³-hybridized carbons (Fsp3) is 0.923. The van der Waals surface area contributed by atoms with E-state index in [1.165, 1.54) is 25.7 Å². The van der Waals surface area contributed by atoms with Crippen LogP contribution in [0.3, 0.4) is 0 Å². The Bertz CT molecular complexity index is 286. The molecule has 106 valence electrons. The molecule has 4 atom stereocenters. The molecule has 0 aromatic rings. The Labute approximate surface area is 121 Å². The highest BCUT2D eigenvalue weighted by molar-refractivity contribution is 8.00. The smallest absolute Gasteiger partial charge is 0.227 e. The van der Waals surface area contributed by atoms with Gasteiger partial charge in [0.25, 0.3) is 0 Å². The second-order valence-electron chi connectivity index (χ2n) is 5.44. The highest BCUT2D eigenvalue weighted by atomic mass is 35.5. The van der Waals surface area contributed by atoms with E-state index in [1.807, 2.05) is 13.8 Å². The van der Waals surface area contributed by atoms with E-state index in [-0.39, 0.29) is 30.3 Å². The zero-order chi connectivity index (χ0) is 12.4. The van der Waals surface area contributed by atoms with Crippen molar-refractivity contribution in [2.45, 2.75) is 56.9 Å². The van der Waals surface area contributed by atoms with E-state index >= 15 is 0 Å². The molecule has 1 aliphatic carbocycles. The Morgan fingerprint density at radius 3 is 2.67 bits per heavy atom. The summed E-state index contributed by atoms with van der Waals surface area (Å²) in [7, 11) is 0. The topological polar surface area (TPSA) is 46.3 Å². The van der Waals surface area contributed by atoms with Crippen molar-refractivity contribution >= 4 is 30.1 Å². The number of amides is 1. The average molecular weight is 293 g/mol. The molecule has 2 N–H and O–H groups in total. The molecule has 1 amide bonds. The predicted octanol–water partition coefficient (Wildman–Crippen LogP) is 2.28. The first-order valence-electron chi connectivity index (χ1n) is 6.79. The molecule has 4 unspecified atom stereocenters. The standard InChI is InChI=1S/C13H24N2OS.ClH/c1-9(10(2)14)13(16)15-7-8-17-12-6-4-3-5-11(12)15;/h9-12H,3-8,14H2,1-2H3;1H. The second kappa shape index (κ2) is 7.01. The summed E-state index contributed by atoms with van der Waals surface area (Å²) in [4.78, 5) is 14.6. The van der Waals surface area contributed by atoms with Crippen molar-refractivity contribution in [3.8, 4) is 0 Å². The zero-order valence-corrected chi connectivity index (χ0v) is 12.9. The molecule has 5 heteroatoms. The molecule has 2 aliphatic rings. The average Bonchev–Trinajstić information content (AvgIpc) is 2.36. The lowest BCUT2D eigenvalue weighted by Crippen LogP contribution is -2.54. The highest BCUT2D eigenvalue weighted by Gasteiger charge is 2.37. The van der Waals surface area contributed by atoms with Crippen LogP contribution in [0, 0.1) is 5.92 Å². The number of carbonyl (C=O) groups is 1. The lowest BCUT2D eigenvalue weighted by Gasteiger charge is -2.44. The molecule has 0 bridgehead atoms. The second-order valence-corrected chi connectivity index (χ2v) is 6.79. The molecule has 0 radical (unpaired) electrons. The van der Waals surface area contributed by atoms with E-state index in [4.69, 9.17) is 5.73 Å². The predicted molar refractivity (Wildman–Crippen MR) is 80.3 cm³/mol. The van der Waals surface area contributed by atoms with Crippen molar-refractivity contribution in [3.63, 3.8) is 0 Å².